The molecular formula is C25H32O2. The number of hydrogen-bond donors (Lipinski definition) is 0. The molecule has 0 amide bonds. The Kier molecular flexibility index (Phi) is 5.42. The molecule has 0 heterocycles. The molecule has 0 unspecified atom stereocenters. The third-order valence-electron chi connectivity index (χ3n) is 7.59. The minimum absolute atomic E-state index is 0.0410. The SMILES string of the molecule is CC1(C)[C@@H]2CC[C@@H](CO[C@@H](C#Cc3ccccc3)[C@@H]3CCCCC3=O)[C@H]1C2. The molecule has 0 N–H and O–H groups in total. The van der Waals surface area contributed by atoms with E-state index in [4.69, 9.17) is 4.74 Å². The first kappa shape index (κ1) is 18.8. The Labute approximate surface area is 164 Å². The monoisotopic (exact) mass is 364 g/mol. The first-order valence-corrected chi connectivity index (χ1v) is 10.8. The second kappa shape index (κ2) is 7.80. The summed E-state index contributed by atoms with van der Waals surface area (Å²) >= 11 is 0. The smallest absolute Gasteiger partial charge is 0.139 e. The van der Waals surface area contributed by atoms with Gasteiger partial charge < -0.3 is 4.74 Å². The van der Waals surface area contributed by atoms with Crippen LogP contribution in [0.1, 0.15) is 64.4 Å². The van der Waals surface area contributed by atoms with Gasteiger partial charge in [0, 0.05) is 12.0 Å². The van der Waals surface area contributed by atoms with Crippen molar-refractivity contribution in [2.24, 2.45) is 29.1 Å². The number of ether oxygens (including phenoxy) is 1. The van der Waals surface area contributed by atoms with Gasteiger partial charge in [0.2, 0.25) is 0 Å². The highest BCUT2D eigenvalue weighted by molar-refractivity contribution is 5.82. The molecular weight excluding hydrogens is 332 g/mol. The fraction of sp³-hybridized carbons (Fsp3) is 0.640. The van der Waals surface area contributed by atoms with Crippen molar-refractivity contribution in [3.63, 3.8) is 0 Å². The second-order valence-electron chi connectivity index (χ2n) is 9.41. The quantitative estimate of drug-likeness (QED) is 0.682. The van der Waals surface area contributed by atoms with Crippen LogP contribution in [0, 0.1) is 40.9 Å². The van der Waals surface area contributed by atoms with Crippen molar-refractivity contribution in [2.45, 2.75) is 64.9 Å². The lowest BCUT2D eigenvalue weighted by Crippen LogP contribution is -2.53. The van der Waals surface area contributed by atoms with Gasteiger partial charge in [0.05, 0.1) is 12.5 Å². The molecule has 144 valence electrons. The largest absolute Gasteiger partial charge is 0.364 e. The van der Waals surface area contributed by atoms with Gasteiger partial charge in [-0.05, 0) is 67.4 Å². The van der Waals surface area contributed by atoms with E-state index in [0.29, 0.717) is 23.5 Å². The molecule has 27 heavy (non-hydrogen) atoms. The molecule has 4 saturated carbocycles. The molecule has 2 heteroatoms. The normalized spacial score (nSPS) is 32.7. The fourth-order valence-electron chi connectivity index (χ4n) is 5.65. The minimum atomic E-state index is -0.251. The van der Waals surface area contributed by atoms with Crippen LogP contribution in [0.3, 0.4) is 0 Å². The second-order valence-corrected chi connectivity index (χ2v) is 9.41. The first-order chi connectivity index (χ1) is 13.1. The molecule has 1 aromatic rings. The molecule has 0 radical (unpaired) electrons. The summed E-state index contributed by atoms with van der Waals surface area (Å²) in [5.41, 5.74) is 1.47. The predicted octanol–water partition coefficient (Wildman–Crippen LogP) is 5.25. The van der Waals surface area contributed by atoms with Gasteiger partial charge in [-0.25, -0.2) is 0 Å². The lowest BCUT2D eigenvalue weighted by Gasteiger charge is -2.60. The molecule has 0 saturated heterocycles. The maximum atomic E-state index is 12.5. The number of hydrogen-bond acceptors (Lipinski definition) is 2. The molecule has 1 aromatic carbocycles. The van der Waals surface area contributed by atoms with E-state index in [9.17, 15) is 4.79 Å². The van der Waals surface area contributed by atoms with E-state index in [-0.39, 0.29) is 12.0 Å². The fourth-order valence-corrected chi connectivity index (χ4v) is 5.65. The molecule has 2 nitrogen and oxygen atoms in total. The van der Waals surface area contributed by atoms with Crippen LogP contribution in [-0.2, 0) is 9.53 Å². The molecule has 4 aliphatic carbocycles. The average molecular weight is 365 g/mol. The Morgan fingerprint density at radius 2 is 1.96 bits per heavy atom. The number of Topliss-reactive ketones (excluding diaryl/α,β-unsaturated/α-hetero) is 1. The van der Waals surface area contributed by atoms with E-state index in [2.05, 4.69) is 25.7 Å². The maximum absolute atomic E-state index is 12.5. The van der Waals surface area contributed by atoms with Crippen LogP contribution in [0.25, 0.3) is 0 Å². The Morgan fingerprint density at radius 1 is 1.15 bits per heavy atom. The van der Waals surface area contributed by atoms with Crippen LogP contribution in [0.2, 0.25) is 0 Å². The Morgan fingerprint density at radius 3 is 2.67 bits per heavy atom. The number of fused-ring (bicyclic) bond motifs is 2. The van der Waals surface area contributed by atoms with Crippen LogP contribution in [0.4, 0.5) is 0 Å². The van der Waals surface area contributed by atoms with Crippen LogP contribution >= 0.6 is 0 Å². The minimum Gasteiger partial charge on any atom is -0.364 e. The van der Waals surface area contributed by atoms with Gasteiger partial charge in [-0.3, -0.25) is 4.79 Å². The topological polar surface area (TPSA) is 26.3 Å². The van der Waals surface area contributed by atoms with Gasteiger partial charge in [0.1, 0.15) is 11.9 Å². The number of rotatable bonds is 4. The summed E-state index contributed by atoms with van der Waals surface area (Å²) in [4.78, 5) is 12.5. The van der Waals surface area contributed by atoms with Gasteiger partial charge in [0.15, 0.2) is 0 Å². The first-order valence-electron chi connectivity index (χ1n) is 10.8. The van der Waals surface area contributed by atoms with Crippen molar-refractivity contribution in [1.82, 2.24) is 0 Å². The van der Waals surface area contributed by atoms with Crippen molar-refractivity contribution in [1.29, 1.82) is 0 Å². The van der Waals surface area contributed by atoms with Crippen molar-refractivity contribution in [2.75, 3.05) is 6.61 Å². The summed E-state index contributed by atoms with van der Waals surface area (Å²) in [6.45, 7) is 5.61. The average Bonchev–Trinajstić information content (AvgIpc) is 2.69. The van der Waals surface area contributed by atoms with Crippen molar-refractivity contribution < 1.29 is 9.53 Å². The lowest BCUT2D eigenvalue weighted by atomic mass is 9.46. The highest BCUT2D eigenvalue weighted by Gasteiger charge is 2.54. The van der Waals surface area contributed by atoms with Gasteiger partial charge in [0.25, 0.3) is 0 Å². The van der Waals surface area contributed by atoms with E-state index in [1.807, 2.05) is 30.3 Å². The summed E-state index contributed by atoms with van der Waals surface area (Å²) in [7, 11) is 0. The van der Waals surface area contributed by atoms with E-state index < -0.39 is 0 Å². The standard InChI is InChI=1S/C25H32O2/c1-25(2)20-14-13-19(22(25)16-20)17-27-24(21-10-6-7-11-23(21)26)15-12-18-8-4-3-5-9-18/h3-5,8-9,19-22,24H,6-7,10-11,13-14,16-17H2,1-2H3/t19-,20+,21+,22+,24-/m0/s1. The van der Waals surface area contributed by atoms with E-state index in [1.165, 1.54) is 19.3 Å². The highest BCUT2D eigenvalue weighted by atomic mass is 16.5. The van der Waals surface area contributed by atoms with E-state index in [0.717, 1.165) is 43.3 Å². The number of ketones is 1. The van der Waals surface area contributed by atoms with Gasteiger partial charge in [-0.2, -0.15) is 0 Å². The van der Waals surface area contributed by atoms with Crippen molar-refractivity contribution in [3.05, 3.63) is 35.9 Å². The molecule has 5 rings (SSSR count). The Balaban J connectivity index is 1.46. The third kappa shape index (κ3) is 3.85. The molecule has 5 atom stereocenters. The van der Waals surface area contributed by atoms with Crippen LogP contribution in [0.15, 0.2) is 30.3 Å². The molecule has 4 fully saturated rings. The third-order valence-corrected chi connectivity index (χ3v) is 7.59. The maximum Gasteiger partial charge on any atom is 0.139 e. The van der Waals surface area contributed by atoms with Crippen LogP contribution in [-0.4, -0.2) is 18.5 Å². The Bertz CT molecular complexity index is 722. The van der Waals surface area contributed by atoms with E-state index in [1.54, 1.807) is 0 Å². The van der Waals surface area contributed by atoms with Crippen molar-refractivity contribution in [3.8, 4) is 11.8 Å². The zero-order valence-corrected chi connectivity index (χ0v) is 16.7. The Hall–Kier alpha value is -1.59. The van der Waals surface area contributed by atoms with Gasteiger partial charge in [-0.15, -0.1) is 0 Å². The summed E-state index contributed by atoms with van der Waals surface area (Å²) in [6.07, 6.45) is 7.48. The summed E-state index contributed by atoms with van der Waals surface area (Å²) < 4.78 is 6.41. The summed E-state index contributed by atoms with van der Waals surface area (Å²) in [5.74, 6) is 9.22. The molecule has 0 spiro atoms. The molecule has 4 aliphatic rings. The molecule has 0 aromatic heterocycles. The zero-order valence-electron chi connectivity index (χ0n) is 16.7. The molecule has 2 bridgehead atoms. The number of benzene rings is 1. The van der Waals surface area contributed by atoms with Gasteiger partial charge in [-0.1, -0.05) is 50.3 Å². The van der Waals surface area contributed by atoms with Gasteiger partial charge >= 0.3 is 0 Å². The lowest BCUT2D eigenvalue weighted by molar-refractivity contribution is -0.139. The van der Waals surface area contributed by atoms with Crippen molar-refractivity contribution >= 4 is 5.78 Å². The summed E-state index contributed by atoms with van der Waals surface area (Å²) in [6, 6.07) is 10.0. The van der Waals surface area contributed by atoms with Crippen LogP contribution < -0.4 is 0 Å². The predicted molar refractivity (Wildman–Crippen MR) is 108 cm³/mol. The number of carbonyl (C=O) groups excluding carboxylic acids is 1. The molecule has 0 aliphatic heterocycles. The number of carbonyl (C=O) groups is 1. The summed E-state index contributed by atoms with van der Waals surface area (Å²) in [5, 5.41) is 0. The van der Waals surface area contributed by atoms with E-state index >= 15 is 0 Å². The highest BCUT2D eigenvalue weighted by Crippen LogP contribution is 2.61. The van der Waals surface area contributed by atoms with Crippen LogP contribution in [0.5, 0.6) is 0 Å². The zero-order chi connectivity index (χ0) is 18.9.